The normalized spacial score (nSPS) is 10.6. The number of benzene rings is 1. The SMILES string of the molecule is CC(C)Oc1cccc(NCc2ncon2)c1N. The van der Waals surface area contributed by atoms with Crippen LogP contribution in [0.2, 0.25) is 0 Å². The molecule has 1 aromatic carbocycles. The molecule has 2 aromatic rings. The third kappa shape index (κ3) is 2.91. The van der Waals surface area contributed by atoms with Crippen molar-refractivity contribution in [1.29, 1.82) is 0 Å². The minimum Gasteiger partial charge on any atom is -0.489 e. The van der Waals surface area contributed by atoms with Crippen molar-refractivity contribution in [2.24, 2.45) is 0 Å². The van der Waals surface area contributed by atoms with Gasteiger partial charge in [0.05, 0.1) is 24.0 Å². The summed E-state index contributed by atoms with van der Waals surface area (Å²) in [6.45, 7) is 4.36. The largest absolute Gasteiger partial charge is 0.489 e. The van der Waals surface area contributed by atoms with E-state index in [9.17, 15) is 0 Å². The molecule has 18 heavy (non-hydrogen) atoms. The Balaban J connectivity index is 2.08. The van der Waals surface area contributed by atoms with Crippen molar-refractivity contribution in [3.8, 4) is 5.75 Å². The number of rotatable bonds is 5. The molecule has 6 heteroatoms. The van der Waals surface area contributed by atoms with E-state index < -0.39 is 0 Å². The fraction of sp³-hybridized carbons (Fsp3) is 0.333. The maximum Gasteiger partial charge on any atom is 0.213 e. The fourth-order valence-electron chi connectivity index (χ4n) is 1.50. The maximum atomic E-state index is 6.02. The Hall–Kier alpha value is -2.24. The summed E-state index contributed by atoms with van der Waals surface area (Å²) in [6.07, 6.45) is 1.37. The van der Waals surface area contributed by atoms with Crippen LogP contribution in [0, 0.1) is 0 Å². The summed E-state index contributed by atoms with van der Waals surface area (Å²) >= 11 is 0. The van der Waals surface area contributed by atoms with Crippen LogP contribution in [0.4, 0.5) is 11.4 Å². The molecule has 0 spiro atoms. The Morgan fingerprint density at radius 3 is 2.94 bits per heavy atom. The van der Waals surface area contributed by atoms with E-state index in [1.807, 2.05) is 32.0 Å². The number of anilines is 2. The molecular weight excluding hydrogens is 232 g/mol. The zero-order valence-corrected chi connectivity index (χ0v) is 10.4. The van der Waals surface area contributed by atoms with E-state index in [0.29, 0.717) is 23.8 Å². The summed E-state index contributed by atoms with van der Waals surface area (Å²) in [4.78, 5) is 3.92. The van der Waals surface area contributed by atoms with Gasteiger partial charge in [0.25, 0.3) is 0 Å². The molecule has 0 saturated heterocycles. The molecule has 3 N–H and O–H groups in total. The van der Waals surface area contributed by atoms with Gasteiger partial charge >= 0.3 is 0 Å². The van der Waals surface area contributed by atoms with Crippen molar-refractivity contribution in [2.75, 3.05) is 11.1 Å². The van der Waals surface area contributed by atoms with Crippen LogP contribution in [0.15, 0.2) is 29.1 Å². The molecule has 0 aliphatic rings. The number of nitrogens with two attached hydrogens (primary N) is 1. The highest BCUT2D eigenvalue weighted by molar-refractivity contribution is 5.72. The first kappa shape index (κ1) is 12.2. The molecule has 2 rings (SSSR count). The minimum absolute atomic E-state index is 0.0831. The van der Waals surface area contributed by atoms with Gasteiger partial charge in [-0.15, -0.1) is 0 Å². The van der Waals surface area contributed by atoms with Gasteiger partial charge in [0.2, 0.25) is 6.39 Å². The van der Waals surface area contributed by atoms with Crippen LogP contribution in [-0.2, 0) is 6.54 Å². The van der Waals surface area contributed by atoms with Gasteiger partial charge in [-0.05, 0) is 26.0 Å². The molecular formula is C12H16N4O2. The van der Waals surface area contributed by atoms with Gasteiger partial charge < -0.3 is 20.3 Å². The van der Waals surface area contributed by atoms with Gasteiger partial charge in [0, 0.05) is 0 Å². The van der Waals surface area contributed by atoms with Crippen LogP contribution in [0.1, 0.15) is 19.7 Å². The number of nitrogen functional groups attached to an aromatic ring is 1. The molecule has 0 radical (unpaired) electrons. The monoisotopic (exact) mass is 248 g/mol. The van der Waals surface area contributed by atoms with Gasteiger partial charge in [-0.3, -0.25) is 0 Å². The second-order valence-electron chi connectivity index (χ2n) is 4.08. The summed E-state index contributed by atoms with van der Waals surface area (Å²) < 4.78 is 10.3. The quantitative estimate of drug-likeness (QED) is 0.787. The van der Waals surface area contributed by atoms with Crippen LogP contribution < -0.4 is 15.8 Å². The molecule has 6 nitrogen and oxygen atoms in total. The van der Waals surface area contributed by atoms with E-state index in [1.54, 1.807) is 0 Å². The number of hydrogen-bond donors (Lipinski definition) is 2. The Labute approximate surface area is 105 Å². The predicted octanol–water partition coefficient (Wildman–Crippen LogP) is 2.05. The smallest absolute Gasteiger partial charge is 0.213 e. The van der Waals surface area contributed by atoms with Crippen molar-refractivity contribution in [2.45, 2.75) is 26.5 Å². The Kier molecular flexibility index (Phi) is 3.66. The van der Waals surface area contributed by atoms with Crippen molar-refractivity contribution in [3.05, 3.63) is 30.4 Å². The van der Waals surface area contributed by atoms with E-state index in [4.69, 9.17) is 10.5 Å². The second-order valence-corrected chi connectivity index (χ2v) is 4.08. The highest BCUT2D eigenvalue weighted by atomic mass is 16.5. The summed E-state index contributed by atoms with van der Waals surface area (Å²) in [6, 6.07) is 5.60. The number of aromatic nitrogens is 2. The third-order valence-corrected chi connectivity index (χ3v) is 2.27. The van der Waals surface area contributed by atoms with Crippen LogP contribution in [0.25, 0.3) is 0 Å². The molecule has 0 unspecified atom stereocenters. The molecule has 0 bridgehead atoms. The second kappa shape index (κ2) is 5.39. The number of para-hydroxylation sites is 1. The highest BCUT2D eigenvalue weighted by Gasteiger charge is 2.08. The van der Waals surface area contributed by atoms with Gasteiger partial charge in [-0.2, -0.15) is 4.98 Å². The Bertz CT molecular complexity index is 497. The first-order chi connectivity index (χ1) is 8.66. The maximum absolute atomic E-state index is 6.02. The lowest BCUT2D eigenvalue weighted by Crippen LogP contribution is -2.09. The molecule has 0 aliphatic carbocycles. The highest BCUT2D eigenvalue weighted by Crippen LogP contribution is 2.30. The van der Waals surface area contributed by atoms with Crippen LogP contribution >= 0.6 is 0 Å². The predicted molar refractivity (Wildman–Crippen MR) is 68.2 cm³/mol. The van der Waals surface area contributed by atoms with Crippen molar-refractivity contribution in [3.63, 3.8) is 0 Å². The van der Waals surface area contributed by atoms with Gasteiger partial charge in [-0.1, -0.05) is 11.2 Å². The molecule has 0 amide bonds. The first-order valence-electron chi connectivity index (χ1n) is 5.71. The summed E-state index contributed by atoms with van der Waals surface area (Å²) in [7, 11) is 0. The summed E-state index contributed by atoms with van der Waals surface area (Å²) in [5, 5.41) is 6.85. The standard InChI is InChI=1S/C12H16N4O2/c1-8(2)18-10-5-3-4-9(12(10)13)14-6-11-15-7-17-16-11/h3-5,7-8,14H,6,13H2,1-2H3. The minimum atomic E-state index is 0.0831. The van der Waals surface area contributed by atoms with Crippen molar-refractivity contribution >= 4 is 11.4 Å². The van der Waals surface area contributed by atoms with Gasteiger partial charge in [0.1, 0.15) is 5.75 Å². The number of nitrogens with one attached hydrogen (secondary N) is 1. The fourth-order valence-corrected chi connectivity index (χ4v) is 1.50. The lowest BCUT2D eigenvalue weighted by molar-refractivity contribution is 0.244. The van der Waals surface area contributed by atoms with Gasteiger partial charge in [-0.25, -0.2) is 0 Å². The topological polar surface area (TPSA) is 86.2 Å². The van der Waals surface area contributed by atoms with E-state index in [-0.39, 0.29) is 6.10 Å². The van der Waals surface area contributed by atoms with Crippen LogP contribution in [0.5, 0.6) is 5.75 Å². The molecule has 96 valence electrons. The summed E-state index contributed by atoms with van der Waals surface area (Å²) in [5.41, 5.74) is 7.39. The zero-order chi connectivity index (χ0) is 13.0. The van der Waals surface area contributed by atoms with Gasteiger partial charge in [0.15, 0.2) is 5.82 Å². The van der Waals surface area contributed by atoms with Crippen LogP contribution in [0.3, 0.4) is 0 Å². The zero-order valence-electron chi connectivity index (χ0n) is 10.4. The number of nitrogens with zero attached hydrogens (tertiary/aromatic N) is 2. The average molecular weight is 248 g/mol. The third-order valence-electron chi connectivity index (χ3n) is 2.27. The van der Waals surface area contributed by atoms with Crippen LogP contribution in [-0.4, -0.2) is 16.2 Å². The van der Waals surface area contributed by atoms with E-state index >= 15 is 0 Å². The molecule has 1 heterocycles. The number of ether oxygens (including phenoxy) is 1. The molecule has 0 fully saturated rings. The lowest BCUT2D eigenvalue weighted by atomic mass is 10.2. The molecule has 0 atom stereocenters. The lowest BCUT2D eigenvalue weighted by Gasteiger charge is -2.15. The molecule has 1 aromatic heterocycles. The molecule has 0 saturated carbocycles. The average Bonchev–Trinajstić information content (AvgIpc) is 2.83. The van der Waals surface area contributed by atoms with Crippen molar-refractivity contribution < 1.29 is 9.26 Å². The Morgan fingerprint density at radius 2 is 2.28 bits per heavy atom. The first-order valence-corrected chi connectivity index (χ1v) is 5.71. The summed E-state index contributed by atoms with van der Waals surface area (Å²) in [5.74, 6) is 1.24. The Morgan fingerprint density at radius 1 is 1.44 bits per heavy atom. The molecule has 0 aliphatic heterocycles. The van der Waals surface area contributed by atoms with E-state index in [0.717, 1.165) is 5.69 Å². The number of hydrogen-bond acceptors (Lipinski definition) is 6. The van der Waals surface area contributed by atoms with Crippen molar-refractivity contribution in [1.82, 2.24) is 10.1 Å². The van der Waals surface area contributed by atoms with E-state index in [2.05, 4.69) is 20.0 Å². The van der Waals surface area contributed by atoms with E-state index in [1.165, 1.54) is 6.39 Å².